The van der Waals surface area contributed by atoms with Gasteiger partial charge < -0.3 is 9.84 Å². The lowest BCUT2D eigenvalue weighted by atomic mass is 10.2. The summed E-state index contributed by atoms with van der Waals surface area (Å²) in [4.78, 5) is 4.49. The number of aromatic nitrogens is 4. The first-order chi connectivity index (χ1) is 9.15. The van der Waals surface area contributed by atoms with Gasteiger partial charge in [-0.05, 0) is 26.7 Å². The Morgan fingerprint density at radius 1 is 1.05 bits per heavy atom. The molecule has 0 fully saturated rings. The van der Waals surface area contributed by atoms with Gasteiger partial charge >= 0.3 is 0 Å². The second-order valence-corrected chi connectivity index (χ2v) is 4.39. The quantitative estimate of drug-likeness (QED) is 0.889. The minimum atomic E-state index is 0.550. The van der Waals surface area contributed by atoms with Gasteiger partial charge in [-0.15, -0.1) is 5.10 Å². The predicted molar refractivity (Wildman–Crippen MR) is 71.9 cm³/mol. The van der Waals surface area contributed by atoms with E-state index in [1.807, 2.05) is 13.8 Å². The van der Waals surface area contributed by atoms with E-state index >= 15 is 0 Å². The van der Waals surface area contributed by atoms with Gasteiger partial charge in [-0.3, -0.25) is 0 Å². The van der Waals surface area contributed by atoms with Gasteiger partial charge in [0.1, 0.15) is 5.76 Å². The van der Waals surface area contributed by atoms with Gasteiger partial charge in [0.15, 0.2) is 0 Å². The largest absolute Gasteiger partial charge is 0.361 e. The zero-order valence-corrected chi connectivity index (χ0v) is 11.8. The molecule has 1 N–H and O–H groups in total. The van der Waals surface area contributed by atoms with Crippen LogP contribution in [0.5, 0.6) is 0 Å². The van der Waals surface area contributed by atoms with Crippen LogP contribution in [0.15, 0.2) is 4.52 Å². The SMILES string of the molecule is CCc1nnc(NCc2c(C)noc2C)nc1CC. The molecular weight excluding hydrogens is 242 g/mol. The number of anilines is 1. The van der Waals surface area contributed by atoms with Crippen LogP contribution in [0.3, 0.4) is 0 Å². The molecule has 0 aliphatic heterocycles. The van der Waals surface area contributed by atoms with Crippen molar-refractivity contribution in [3.63, 3.8) is 0 Å². The van der Waals surface area contributed by atoms with Crippen molar-refractivity contribution < 1.29 is 4.52 Å². The molecule has 2 heterocycles. The molecule has 0 unspecified atom stereocenters. The summed E-state index contributed by atoms with van der Waals surface area (Å²) >= 11 is 0. The predicted octanol–water partition coefficient (Wildman–Crippen LogP) is 2.21. The number of rotatable bonds is 5. The van der Waals surface area contributed by atoms with Crippen LogP contribution in [0.4, 0.5) is 5.95 Å². The standard InChI is InChI=1S/C13H19N5O/c1-5-11-12(6-2)16-17-13(15-11)14-7-10-8(3)18-19-9(10)4/h5-7H2,1-4H3,(H,14,15,17). The molecule has 0 saturated carbocycles. The van der Waals surface area contributed by atoms with Gasteiger partial charge in [-0.25, -0.2) is 4.98 Å². The molecule has 0 saturated heterocycles. The number of hydrogen-bond donors (Lipinski definition) is 1. The highest BCUT2D eigenvalue weighted by Crippen LogP contribution is 2.14. The van der Waals surface area contributed by atoms with E-state index in [9.17, 15) is 0 Å². The summed E-state index contributed by atoms with van der Waals surface area (Å²) in [6.07, 6.45) is 1.71. The van der Waals surface area contributed by atoms with Crippen LogP contribution in [0.25, 0.3) is 0 Å². The van der Waals surface area contributed by atoms with Crippen LogP contribution in [-0.4, -0.2) is 20.3 Å². The first kappa shape index (κ1) is 13.5. The molecule has 0 radical (unpaired) electrons. The van der Waals surface area contributed by atoms with Crippen LogP contribution < -0.4 is 5.32 Å². The van der Waals surface area contributed by atoms with E-state index in [4.69, 9.17) is 4.52 Å². The van der Waals surface area contributed by atoms with Crippen LogP contribution in [0.1, 0.15) is 42.3 Å². The highest BCUT2D eigenvalue weighted by atomic mass is 16.5. The maximum absolute atomic E-state index is 5.12. The topological polar surface area (TPSA) is 76.7 Å². The fraction of sp³-hybridized carbons (Fsp3) is 0.538. The Morgan fingerprint density at radius 3 is 2.37 bits per heavy atom. The van der Waals surface area contributed by atoms with Gasteiger partial charge in [0.05, 0.1) is 17.1 Å². The molecule has 0 aliphatic carbocycles. The zero-order chi connectivity index (χ0) is 13.8. The van der Waals surface area contributed by atoms with Gasteiger partial charge in [-0.2, -0.15) is 5.10 Å². The van der Waals surface area contributed by atoms with E-state index in [2.05, 4.69) is 39.5 Å². The number of nitrogens with one attached hydrogen (secondary N) is 1. The van der Waals surface area contributed by atoms with Crippen molar-refractivity contribution in [1.29, 1.82) is 0 Å². The zero-order valence-electron chi connectivity index (χ0n) is 11.8. The van der Waals surface area contributed by atoms with Crippen molar-refractivity contribution in [2.45, 2.75) is 47.1 Å². The molecule has 2 aromatic rings. The van der Waals surface area contributed by atoms with Crippen LogP contribution in [0.2, 0.25) is 0 Å². The van der Waals surface area contributed by atoms with E-state index in [-0.39, 0.29) is 0 Å². The van der Waals surface area contributed by atoms with E-state index in [0.29, 0.717) is 12.5 Å². The maximum atomic E-state index is 5.12. The molecule has 0 aliphatic rings. The Hall–Kier alpha value is -1.98. The minimum Gasteiger partial charge on any atom is -0.361 e. The molecule has 6 nitrogen and oxygen atoms in total. The van der Waals surface area contributed by atoms with Crippen molar-refractivity contribution in [2.75, 3.05) is 5.32 Å². The molecule has 0 aromatic carbocycles. The average Bonchev–Trinajstić information content (AvgIpc) is 2.75. The van der Waals surface area contributed by atoms with E-state index in [0.717, 1.165) is 41.2 Å². The van der Waals surface area contributed by atoms with E-state index in [1.54, 1.807) is 0 Å². The molecule has 2 rings (SSSR count). The summed E-state index contributed by atoms with van der Waals surface area (Å²) < 4.78 is 5.12. The molecule has 2 aromatic heterocycles. The first-order valence-corrected chi connectivity index (χ1v) is 6.53. The lowest BCUT2D eigenvalue weighted by molar-refractivity contribution is 0.392. The third-order valence-corrected chi connectivity index (χ3v) is 3.11. The highest BCUT2D eigenvalue weighted by Gasteiger charge is 2.10. The summed E-state index contributed by atoms with van der Waals surface area (Å²) in [7, 11) is 0. The number of aryl methyl sites for hydroxylation is 4. The normalized spacial score (nSPS) is 10.7. The van der Waals surface area contributed by atoms with Crippen molar-refractivity contribution in [1.82, 2.24) is 20.3 Å². The summed E-state index contributed by atoms with van der Waals surface area (Å²) in [5, 5.41) is 15.4. The summed E-state index contributed by atoms with van der Waals surface area (Å²) in [6, 6.07) is 0. The van der Waals surface area contributed by atoms with Gasteiger partial charge in [0.25, 0.3) is 0 Å². The fourth-order valence-corrected chi connectivity index (χ4v) is 1.93. The van der Waals surface area contributed by atoms with Crippen LogP contribution in [-0.2, 0) is 19.4 Å². The first-order valence-electron chi connectivity index (χ1n) is 6.53. The number of hydrogen-bond acceptors (Lipinski definition) is 6. The summed E-state index contributed by atoms with van der Waals surface area (Å²) in [6.45, 7) is 8.54. The Labute approximate surface area is 112 Å². The Balaban J connectivity index is 2.12. The minimum absolute atomic E-state index is 0.550. The Morgan fingerprint density at radius 2 is 1.79 bits per heavy atom. The van der Waals surface area contributed by atoms with Crippen LogP contribution >= 0.6 is 0 Å². The molecule has 0 atom stereocenters. The van der Waals surface area contributed by atoms with Crippen molar-refractivity contribution in [2.24, 2.45) is 0 Å². The van der Waals surface area contributed by atoms with Crippen molar-refractivity contribution in [3.05, 3.63) is 28.4 Å². The smallest absolute Gasteiger partial charge is 0.243 e. The second kappa shape index (κ2) is 5.77. The summed E-state index contributed by atoms with van der Waals surface area (Å²) in [5.74, 6) is 1.37. The van der Waals surface area contributed by atoms with Gasteiger partial charge in [0, 0.05) is 12.1 Å². The van der Waals surface area contributed by atoms with Gasteiger partial charge in [0.2, 0.25) is 5.95 Å². The third kappa shape index (κ3) is 2.89. The fourth-order valence-electron chi connectivity index (χ4n) is 1.93. The average molecular weight is 261 g/mol. The lowest BCUT2D eigenvalue weighted by Gasteiger charge is -2.07. The third-order valence-electron chi connectivity index (χ3n) is 3.11. The van der Waals surface area contributed by atoms with Crippen molar-refractivity contribution >= 4 is 5.95 Å². The Bertz CT molecular complexity index is 545. The van der Waals surface area contributed by atoms with Gasteiger partial charge in [-0.1, -0.05) is 19.0 Å². The Kier molecular flexibility index (Phi) is 4.09. The highest BCUT2D eigenvalue weighted by molar-refractivity contribution is 5.30. The molecule has 6 heteroatoms. The number of nitrogens with zero attached hydrogens (tertiary/aromatic N) is 4. The van der Waals surface area contributed by atoms with E-state index in [1.165, 1.54) is 0 Å². The molecule has 0 bridgehead atoms. The molecule has 19 heavy (non-hydrogen) atoms. The lowest BCUT2D eigenvalue weighted by Crippen LogP contribution is -2.10. The second-order valence-electron chi connectivity index (χ2n) is 4.39. The molecular formula is C13H19N5O. The van der Waals surface area contributed by atoms with Crippen molar-refractivity contribution in [3.8, 4) is 0 Å². The molecule has 0 amide bonds. The maximum Gasteiger partial charge on any atom is 0.243 e. The van der Waals surface area contributed by atoms with E-state index < -0.39 is 0 Å². The summed E-state index contributed by atoms with van der Waals surface area (Å²) in [5.41, 5.74) is 3.89. The molecule has 0 spiro atoms. The molecule has 102 valence electrons. The monoisotopic (exact) mass is 261 g/mol. The van der Waals surface area contributed by atoms with Crippen LogP contribution in [0, 0.1) is 13.8 Å².